The Morgan fingerprint density at radius 3 is 2.15 bits per heavy atom. The van der Waals surface area contributed by atoms with Crippen molar-refractivity contribution in [2.75, 3.05) is 45.8 Å². The van der Waals surface area contributed by atoms with Gasteiger partial charge in [-0.3, -0.25) is 19.5 Å². The van der Waals surface area contributed by atoms with Gasteiger partial charge in [-0.15, -0.1) is 0 Å². The highest BCUT2D eigenvalue weighted by Gasteiger charge is 2.37. The van der Waals surface area contributed by atoms with E-state index in [2.05, 4.69) is 4.90 Å². The molecule has 2 saturated heterocycles. The van der Waals surface area contributed by atoms with Crippen molar-refractivity contribution >= 4 is 46.3 Å². The number of carbonyl (C=O) groups is 2. The minimum atomic E-state index is -5.00. The fraction of sp³-hybridized carbons (Fsp3) is 0.400. The third kappa shape index (κ3) is 7.68. The van der Waals surface area contributed by atoms with Crippen LogP contribution in [-0.2, 0) is 21.9 Å². The van der Waals surface area contributed by atoms with Gasteiger partial charge in [-0.25, -0.2) is 4.79 Å². The van der Waals surface area contributed by atoms with E-state index in [0.29, 0.717) is 44.9 Å². The maximum Gasteiger partial charge on any atom is 0.416 e. The predicted octanol–water partition coefficient (Wildman–Crippen LogP) is 4.25. The first-order valence-corrected chi connectivity index (χ1v) is 13.3. The molecule has 1 aromatic carbocycles. The van der Waals surface area contributed by atoms with Gasteiger partial charge >= 0.3 is 18.3 Å². The molecular formula is C25H23F6N3O5S2. The monoisotopic (exact) mass is 623 g/mol. The highest BCUT2D eigenvalue weighted by molar-refractivity contribution is 8.26. The number of aliphatic carboxylic acids is 1. The van der Waals surface area contributed by atoms with Crippen LogP contribution in [0, 0.1) is 0 Å². The summed E-state index contributed by atoms with van der Waals surface area (Å²) in [6.07, 6.45) is -10.1. The van der Waals surface area contributed by atoms with Crippen molar-refractivity contribution < 1.29 is 50.6 Å². The van der Waals surface area contributed by atoms with Gasteiger partial charge < -0.3 is 14.6 Å². The lowest BCUT2D eigenvalue weighted by Crippen LogP contribution is -2.51. The first-order chi connectivity index (χ1) is 19.1. The van der Waals surface area contributed by atoms with E-state index >= 15 is 0 Å². The Morgan fingerprint density at radius 2 is 1.59 bits per heavy atom. The van der Waals surface area contributed by atoms with Crippen LogP contribution < -0.4 is 0 Å². The highest BCUT2D eigenvalue weighted by atomic mass is 32.2. The summed E-state index contributed by atoms with van der Waals surface area (Å²) in [7, 11) is 0. The number of hydrogen-bond acceptors (Lipinski definition) is 8. The summed E-state index contributed by atoms with van der Waals surface area (Å²) in [5, 5.41) is 18.3. The van der Waals surface area contributed by atoms with E-state index in [9.17, 15) is 41.0 Å². The lowest BCUT2D eigenvalue weighted by molar-refractivity contribution is -0.148. The second-order valence-electron chi connectivity index (χ2n) is 9.33. The highest BCUT2D eigenvalue weighted by Crippen LogP contribution is 2.39. The third-order valence-corrected chi connectivity index (χ3v) is 7.84. The number of carbonyl (C=O) groups excluding carboxylic acids is 1. The molecule has 4 rings (SSSR count). The molecule has 2 aromatic rings. The van der Waals surface area contributed by atoms with Crippen LogP contribution in [0.1, 0.15) is 16.9 Å². The zero-order chi connectivity index (χ0) is 30.1. The van der Waals surface area contributed by atoms with Crippen molar-refractivity contribution in [2.45, 2.75) is 18.5 Å². The zero-order valence-corrected chi connectivity index (χ0v) is 22.7. The summed E-state index contributed by atoms with van der Waals surface area (Å²) in [5.74, 6) is -1.89. The van der Waals surface area contributed by atoms with E-state index in [4.69, 9.17) is 21.7 Å². The Bertz CT molecular complexity index is 1320. The Morgan fingerprint density at radius 1 is 1.00 bits per heavy atom. The summed E-state index contributed by atoms with van der Waals surface area (Å²) in [6.45, 7) is 3.05. The van der Waals surface area contributed by atoms with Crippen LogP contribution in [0.2, 0.25) is 0 Å². The largest absolute Gasteiger partial charge is 0.479 e. The first-order valence-electron chi connectivity index (χ1n) is 12.1. The number of piperazine rings is 1. The zero-order valence-electron chi connectivity index (χ0n) is 21.0. The van der Waals surface area contributed by atoms with Crippen molar-refractivity contribution in [3.63, 3.8) is 0 Å². The summed E-state index contributed by atoms with van der Waals surface area (Å²) >= 11 is 6.31. The number of nitrogens with zero attached hydrogens (tertiary/aromatic N) is 3. The van der Waals surface area contributed by atoms with E-state index in [-0.39, 0.29) is 39.9 Å². The molecule has 222 valence electrons. The topological polar surface area (TPSA) is 97.5 Å². The van der Waals surface area contributed by atoms with Gasteiger partial charge in [0, 0.05) is 57.5 Å². The van der Waals surface area contributed by atoms with Gasteiger partial charge in [0.2, 0.25) is 0 Å². The molecule has 1 amide bonds. The van der Waals surface area contributed by atoms with Crippen molar-refractivity contribution in [3.8, 4) is 11.3 Å². The van der Waals surface area contributed by atoms with Gasteiger partial charge in [-0.2, -0.15) is 26.3 Å². The van der Waals surface area contributed by atoms with Gasteiger partial charge in [0.25, 0.3) is 5.91 Å². The number of aliphatic hydroxyl groups excluding tert-OH is 1. The molecule has 2 N–H and O–H groups in total. The van der Waals surface area contributed by atoms with Crippen LogP contribution in [0.4, 0.5) is 26.3 Å². The van der Waals surface area contributed by atoms with Gasteiger partial charge in [0.05, 0.1) is 16.0 Å². The van der Waals surface area contributed by atoms with E-state index in [1.165, 1.54) is 23.1 Å². The number of benzene rings is 1. The van der Waals surface area contributed by atoms with E-state index in [0.717, 1.165) is 11.8 Å². The van der Waals surface area contributed by atoms with Crippen molar-refractivity contribution in [1.82, 2.24) is 14.7 Å². The van der Waals surface area contributed by atoms with Gasteiger partial charge in [-0.1, -0.05) is 24.0 Å². The number of rotatable bonds is 8. The molecule has 3 heterocycles. The number of carboxylic acid groups (broad SMARTS) is 1. The Labute approximate surface area is 239 Å². The molecule has 1 aromatic heterocycles. The molecule has 2 aliphatic rings. The quantitative estimate of drug-likeness (QED) is 0.254. The van der Waals surface area contributed by atoms with Crippen molar-refractivity contribution in [2.24, 2.45) is 0 Å². The molecule has 2 fully saturated rings. The fourth-order valence-corrected chi connectivity index (χ4v) is 5.55. The van der Waals surface area contributed by atoms with Gasteiger partial charge in [0.1, 0.15) is 15.8 Å². The third-order valence-electron chi connectivity index (χ3n) is 6.47. The molecule has 2 aliphatic heterocycles. The number of β-amino-alcohol motifs (C(OH)–C–C–N with tert-alkyl or cyclic N) is 1. The number of thiocarbonyl (C=S) groups is 1. The number of amides is 1. The maximum absolute atomic E-state index is 13.2. The lowest BCUT2D eigenvalue weighted by atomic mass is 10.0. The summed E-state index contributed by atoms with van der Waals surface area (Å²) < 4.78 is 85.1. The normalized spacial score (nSPS) is 19.4. The predicted molar refractivity (Wildman–Crippen MR) is 141 cm³/mol. The number of hydrogen-bond donors (Lipinski definition) is 2. The van der Waals surface area contributed by atoms with E-state index in [1.807, 2.05) is 4.90 Å². The van der Waals surface area contributed by atoms with E-state index < -0.39 is 47.0 Å². The maximum atomic E-state index is 13.2. The molecule has 0 radical (unpaired) electrons. The summed E-state index contributed by atoms with van der Waals surface area (Å²) in [5.41, 5.74) is -3.36. The summed E-state index contributed by atoms with van der Waals surface area (Å²) in [6, 6.07) is 3.70. The van der Waals surface area contributed by atoms with Crippen LogP contribution in [0.25, 0.3) is 17.4 Å². The number of furan rings is 1. The Balaban J connectivity index is 1.40. The number of carboxylic acids is 1. The molecule has 0 bridgehead atoms. The first kappa shape index (κ1) is 31.0. The number of halogens is 6. The van der Waals surface area contributed by atoms with E-state index in [1.54, 1.807) is 0 Å². The molecule has 8 nitrogen and oxygen atoms in total. The molecule has 0 spiro atoms. The second-order valence-corrected chi connectivity index (χ2v) is 11.0. The standard InChI is InChI=1S/C25H23F6N3O5S2/c26-24(27,28)15-9-14(10-16(11-15)25(29,30)31)19-2-1-17(39-19)12-20-21(36)34(23(40)41-20)8-7-32-3-5-33(6-4-32)13-18(35)22(37)38/h1-2,9-12,18,35H,3-8,13H2,(H,37,38)/b20-12-. The molecule has 1 atom stereocenters. The second kappa shape index (κ2) is 12.1. The number of thioether (sulfide) groups is 1. The molecule has 0 saturated carbocycles. The van der Waals surface area contributed by atoms with Crippen molar-refractivity contribution in [1.29, 1.82) is 0 Å². The van der Waals surface area contributed by atoms with Crippen LogP contribution in [0.3, 0.4) is 0 Å². The van der Waals surface area contributed by atoms with Gasteiger partial charge in [-0.05, 0) is 30.3 Å². The van der Waals surface area contributed by atoms with Crippen LogP contribution in [0.5, 0.6) is 0 Å². The molecular weight excluding hydrogens is 600 g/mol. The van der Waals surface area contributed by atoms with Crippen LogP contribution in [0.15, 0.2) is 39.7 Å². The fourth-order valence-electron chi connectivity index (χ4n) is 4.26. The smallest absolute Gasteiger partial charge is 0.416 e. The Kier molecular flexibility index (Phi) is 9.18. The average molecular weight is 624 g/mol. The Hall–Kier alpha value is -2.92. The number of aliphatic hydroxyl groups is 1. The molecule has 41 heavy (non-hydrogen) atoms. The number of alkyl halides is 6. The van der Waals surface area contributed by atoms with Crippen LogP contribution >= 0.6 is 24.0 Å². The minimum absolute atomic E-state index is 0.0222. The van der Waals surface area contributed by atoms with Gasteiger partial charge in [0.15, 0.2) is 6.10 Å². The average Bonchev–Trinajstić information content (AvgIpc) is 3.46. The SMILES string of the molecule is O=C(O)C(O)CN1CCN(CCN2C(=O)/C(=C/c3ccc(-c4cc(C(F)(F)F)cc(C(F)(F)F)c4)o3)SC2=S)CC1. The molecule has 1 unspecified atom stereocenters. The summed E-state index contributed by atoms with van der Waals surface area (Å²) in [4.78, 5) is 29.3. The van der Waals surface area contributed by atoms with Crippen molar-refractivity contribution in [3.05, 3.63) is 52.1 Å². The minimum Gasteiger partial charge on any atom is -0.479 e. The van der Waals surface area contributed by atoms with Crippen LogP contribution in [-0.4, -0.2) is 93.0 Å². The molecule has 16 heteroatoms. The molecule has 0 aliphatic carbocycles. The lowest BCUT2D eigenvalue weighted by Gasteiger charge is -2.35.